The molecule has 0 aromatic rings. The molecule has 0 aliphatic carbocycles. The van der Waals surface area contributed by atoms with Crippen LogP contribution >= 0.6 is 0 Å². The molecule has 1 fully saturated rings. The van der Waals surface area contributed by atoms with Crippen LogP contribution in [0.3, 0.4) is 0 Å². The van der Waals surface area contributed by atoms with E-state index in [-0.39, 0.29) is 18.2 Å². The predicted octanol–water partition coefficient (Wildman–Crippen LogP) is -0.0543. The Bertz CT molecular complexity index is 212. The molecule has 1 heterocycles. The van der Waals surface area contributed by atoms with Crippen molar-refractivity contribution in [3.8, 4) is 12.1 Å². The van der Waals surface area contributed by atoms with Crippen LogP contribution < -0.4 is 10.6 Å². The maximum Gasteiger partial charge on any atom is 0.126 e. The summed E-state index contributed by atoms with van der Waals surface area (Å²) in [5.74, 6) is 0.388. The van der Waals surface area contributed by atoms with Gasteiger partial charge in [0.05, 0.1) is 18.3 Å². The van der Waals surface area contributed by atoms with Gasteiger partial charge < -0.3 is 0 Å². The summed E-state index contributed by atoms with van der Waals surface area (Å²) in [4.78, 5) is 0. The number of nitrogens with zero attached hydrogens (tertiary/aromatic N) is 2. The first-order valence-corrected chi connectivity index (χ1v) is 4.00. The summed E-state index contributed by atoms with van der Waals surface area (Å²) in [6.07, 6.45) is 0.0827. The summed E-state index contributed by atoms with van der Waals surface area (Å²) >= 11 is 0. The Hall–Kier alpha value is -1.10. The zero-order valence-electron chi connectivity index (χ0n) is 7.20. The fourth-order valence-corrected chi connectivity index (χ4v) is 1.24. The van der Waals surface area contributed by atoms with Crippen molar-refractivity contribution >= 4 is 0 Å². The number of hydrogen-bond donors (Lipinski definition) is 2. The van der Waals surface area contributed by atoms with E-state index < -0.39 is 0 Å². The van der Waals surface area contributed by atoms with Gasteiger partial charge in [-0.1, -0.05) is 13.8 Å². The maximum atomic E-state index is 8.66. The Morgan fingerprint density at radius 3 is 1.75 bits per heavy atom. The molecule has 0 aromatic heterocycles. The number of nitriles is 2. The van der Waals surface area contributed by atoms with Crippen molar-refractivity contribution in [2.24, 2.45) is 5.92 Å². The molecule has 64 valence electrons. The van der Waals surface area contributed by atoms with Gasteiger partial charge in [0.15, 0.2) is 0 Å². The second-order valence-electron chi connectivity index (χ2n) is 3.27. The lowest BCUT2D eigenvalue weighted by Gasteiger charge is -2.14. The van der Waals surface area contributed by atoms with Gasteiger partial charge in [-0.15, -0.1) is 0 Å². The average Bonchev–Trinajstić information content (AvgIpc) is 2.46. The highest BCUT2D eigenvalue weighted by molar-refractivity contribution is 5.14. The topological polar surface area (TPSA) is 71.6 Å². The first-order chi connectivity index (χ1) is 5.69. The Morgan fingerprint density at radius 2 is 1.50 bits per heavy atom. The second-order valence-corrected chi connectivity index (χ2v) is 3.27. The largest absolute Gasteiger partial charge is 0.284 e. The summed E-state index contributed by atoms with van der Waals surface area (Å²) in [5.41, 5.74) is 0. The number of rotatable bonds is 1. The van der Waals surface area contributed by atoms with Crippen molar-refractivity contribution in [1.82, 2.24) is 10.6 Å². The molecule has 1 rings (SSSR count). The summed E-state index contributed by atoms with van der Waals surface area (Å²) in [6, 6.07) is 3.36. The average molecular weight is 164 g/mol. The van der Waals surface area contributed by atoms with Crippen molar-refractivity contribution in [3.05, 3.63) is 0 Å². The molecular formula is C8H12N4. The van der Waals surface area contributed by atoms with Gasteiger partial charge in [0, 0.05) is 0 Å². The van der Waals surface area contributed by atoms with Crippen molar-refractivity contribution < 1.29 is 0 Å². The minimum Gasteiger partial charge on any atom is -0.284 e. The van der Waals surface area contributed by atoms with Gasteiger partial charge in [-0.3, -0.25) is 10.6 Å². The van der Waals surface area contributed by atoms with Crippen molar-refractivity contribution in [1.29, 1.82) is 10.5 Å². The van der Waals surface area contributed by atoms with E-state index in [1.807, 2.05) is 13.8 Å². The van der Waals surface area contributed by atoms with E-state index in [9.17, 15) is 0 Å². The molecule has 1 aliphatic rings. The van der Waals surface area contributed by atoms with E-state index in [0.29, 0.717) is 5.92 Å². The molecule has 0 radical (unpaired) electrons. The second kappa shape index (κ2) is 3.53. The molecule has 0 bridgehead atoms. The highest BCUT2D eigenvalue weighted by Crippen LogP contribution is 2.09. The molecule has 1 aliphatic heterocycles. The molecule has 1 saturated heterocycles. The third kappa shape index (κ3) is 1.55. The van der Waals surface area contributed by atoms with Crippen molar-refractivity contribution in [2.75, 3.05) is 0 Å². The Kier molecular flexibility index (Phi) is 2.65. The molecule has 0 saturated carbocycles. The molecule has 2 N–H and O–H groups in total. The molecule has 0 spiro atoms. The normalized spacial score (nSPS) is 34.6. The predicted molar refractivity (Wildman–Crippen MR) is 43.7 cm³/mol. The van der Waals surface area contributed by atoms with Crippen LogP contribution in [0.25, 0.3) is 0 Å². The Morgan fingerprint density at radius 1 is 1.08 bits per heavy atom. The molecule has 0 aromatic carbocycles. The molecule has 2 unspecified atom stereocenters. The molecule has 4 heteroatoms. The van der Waals surface area contributed by atoms with Crippen LogP contribution in [-0.2, 0) is 0 Å². The highest BCUT2D eigenvalue weighted by Gasteiger charge is 2.34. The first kappa shape index (κ1) is 8.99. The number of hydrogen-bond acceptors (Lipinski definition) is 4. The van der Waals surface area contributed by atoms with Crippen LogP contribution in [0.5, 0.6) is 0 Å². The lowest BCUT2D eigenvalue weighted by Crippen LogP contribution is -2.38. The van der Waals surface area contributed by atoms with E-state index in [1.165, 1.54) is 0 Å². The zero-order chi connectivity index (χ0) is 9.14. The van der Waals surface area contributed by atoms with Gasteiger partial charge in [0.25, 0.3) is 0 Å². The van der Waals surface area contributed by atoms with Gasteiger partial charge in [-0.25, -0.2) is 0 Å². The summed E-state index contributed by atoms with van der Waals surface area (Å²) in [5, 5.41) is 23.4. The monoisotopic (exact) mass is 164 g/mol. The third-order valence-corrected chi connectivity index (χ3v) is 2.00. The molecular weight excluding hydrogens is 152 g/mol. The smallest absolute Gasteiger partial charge is 0.126 e. The molecule has 0 amide bonds. The van der Waals surface area contributed by atoms with E-state index in [4.69, 9.17) is 10.5 Å². The number of nitrogens with one attached hydrogen (secondary N) is 2. The zero-order valence-corrected chi connectivity index (χ0v) is 7.20. The summed E-state index contributed by atoms with van der Waals surface area (Å²) in [7, 11) is 0. The van der Waals surface area contributed by atoms with Crippen LogP contribution in [0.15, 0.2) is 0 Å². The molecule has 2 atom stereocenters. The standard InChI is InChI=1S/C8H12N4/c1-5(2)8-11-6(3-9)7(4-10)12-8/h5-8,11-12H,1-2H3. The van der Waals surface area contributed by atoms with Crippen LogP contribution in [0.1, 0.15) is 13.8 Å². The lowest BCUT2D eigenvalue weighted by molar-refractivity contribution is 0.407. The van der Waals surface area contributed by atoms with E-state index in [1.54, 1.807) is 0 Å². The van der Waals surface area contributed by atoms with Crippen molar-refractivity contribution in [3.63, 3.8) is 0 Å². The minimum atomic E-state index is -0.373. The molecule has 4 nitrogen and oxygen atoms in total. The quantitative estimate of drug-likeness (QED) is 0.569. The van der Waals surface area contributed by atoms with Crippen LogP contribution in [-0.4, -0.2) is 18.2 Å². The fourth-order valence-electron chi connectivity index (χ4n) is 1.24. The van der Waals surface area contributed by atoms with Crippen LogP contribution in [0.4, 0.5) is 0 Å². The van der Waals surface area contributed by atoms with Crippen LogP contribution in [0.2, 0.25) is 0 Å². The van der Waals surface area contributed by atoms with Crippen molar-refractivity contribution in [2.45, 2.75) is 32.1 Å². The van der Waals surface area contributed by atoms with Gasteiger partial charge in [-0.2, -0.15) is 10.5 Å². The lowest BCUT2D eigenvalue weighted by atomic mass is 10.2. The van der Waals surface area contributed by atoms with E-state index in [0.717, 1.165) is 0 Å². The van der Waals surface area contributed by atoms with Gasteiger partial charge in [0.2, 0.25) is 0 Å². The van der Waals surface area contributed by atoms with E-state index >= 15 is 0 Å². The first-order valence-electron chi connectivity index (χ1n) is 4.00. The maximum absolute atomic E-state index is 8.66. The van der Waals surface area contributed by atoms with Gasteiger partial charge in [0.1, 0.15) is 12.1 Å². The van der Waals surface area contributed by atoms with Crippen LogP contribution in [0, 0.1) is 28.6 Å². The Balaban J connectivity index is 2.62. The minimum absolute atomic E-state index is 0.0827. The fraction of sp³-hybridized carbons (Fsp3) is 0.750. The third-order valence-electron chi connectivity index (χ3n) is 2.00. The summed E-state index contributed by atoms with van der Waals surface area (Å²) < 4.78 is 0. The van der Waals surface area contributed by atoms with E-state index in [2.05, 4.69) is 22.8 Å². The SMILES string of the molecule is CC(C)C1NC(C#N)C(C#N)N1. The van der Waals surface area contributed by atoms with Gasteiger partial charge >= 0.3 is 0 Å². The van der Waals surface area contributed by atoms with Gasteiger partial charge in [-0.05, 0) is 5.92 Å². The highest BCUT2D eigenvalue weighted by atomic mass is 15.2. The molecule has 12 heavy (non-hydrogen) atoms. The summed E-state index contributed by atoms with van der Waals surface area (Å²) in [6.45, 7) is 4.08. The Labute approximate surface area is 72.2 Å².